The molecule has 0 radical (unpaired) electrons. The predicted octanol–water partition coefficient (Wildman–Crippen LogP) is 26.4. The fraction of sp³-hybridized carbons (Fsp3) is 0.0323. The molecular formula is C93H62N4O2. The molecular weight excluding hydrogens is 1210 g/mol. The van der Waals surface area contributed by atoms with Gasteiger partial charge in [0.15, 0.2) is 11.2 Å². The highest BCUT2D eigenvalue weighted by molar-refractivity contribution is 6.39. The van der Waals surface area contributed by atoms with E-state index in [1.165, 1.54) is 54.6 Å². The summed E-state index contributed by atoms with van der Waals surface area (Å²) in [6.45, 7) is 10.5. The van der Waals surface area contributed by atoms with Crippen molar-refractivity contribution in [2.45, 2.75) is 20.8 Å². The van der Waals surface area contributed by atoms with E-state index in [1.54, 1.807) is 0 Å². The Morgan fingerprint density at radius 1 is 0.323 bits per heavy atom. The molecule has 0 N–H and O–H groups in total. The van der Waals surface area contributed by atoms with Crippen molar-refractivity contribution in [3.8, 4) is 44.5 Å². The van der Waals surface area contributed by atoms with Crippen LogP contribution in [0.3, 0.4) is 0 Å². The molecule has 0 saturated heterocycles. The first-order chi connectivity index (χ1) is 48.9. The number of furan rings is 2. The molecule has 0 aliphatic carbocycles. The molecule has 0 atom stereocenters. The molecule has 0 saturated carbocycles. The molecule has 20 aromatic rings. The molecule has 466 valence electrons. The van der Waals surface area contributed by atoms with Crippen LogP contribution in [0.15, 0.2) is 319 Å². The van der Waals surface area contributed by atoms with Gasteiger partial charge in [0.2, 0.25) is 0 Å². The molecule has 6 heteroatoms. The SMILES string of the molecule is C=C/C=C\c1c(C)oc2c(N(c3ccccc3-c3ccccc3)c3cccc4c3c3cccc5c6c(-c7ccccc7)c7c(c(-c8ccccc8)c6n4c35)c3cccc4c5c(N(c6ccccc6-c6ccccc6)c6c(C)ccc8c6oc6ccccc68)cccc5n7c43)c(C)ccc12. The van der Waals surface area contributed by atoms with Crippen LogP contribution in [0, 0.1) is 20.8 Å². The topological polar surface area (TPSA) is 41.6 Å². The van der Waals surface area contributed by atoms with Crippen molar-refractivity contribution in [1.29, 1.82) is 0 Å². The highest BCUT2D eigenvalue weighted by atomic mass is 16.3. The van der Waals surface area contributed by atoms with Gasteiger partial charge in [-0.25, -0.2) is 0 Å². The van der Waals surface area contributed by atoms with E-state index in [2.05, 4.69) is 343 Å². The average molecular weight is 1270 g/mol. The lowest BCUT2D eigenvalue weighted by molar-refractivity contribution is 0.577. The highest BCUT2D eigenvalue weighted by Gasteiger charge is 2.35. The van der Waals surface area contributed by atoms with Crippen molar-refractivity contribution in [3.63, 3.8) is 0 Å². The quantitative estimate of drug-likeness (QED) is 0.114. The summed E-state index contributed by atoms with van der Waals surface area (Å²) in [4.78, 5) is 5.00. The summed E-state index contributed by atoms with van der Waals surface area (Å²) in [7, 11) is 0. The molecule has 6 aromatic heterocycles. The molecule has 99 heavy (non-hydrogen) atoms. The Kier molecular flexibility index (Phi) is 12.4. The lowest BCUT2D eigenvalue weighted by Gasteiger charge is -2.30. The minimum absolute atomic E-state index is 0.827. The number of hydrogen-bond donors (Lipinski definition) is 0. The summed E-state index contributed by atoms with van der Waals surface area (Å²) < 4.78 is 19.4. The van der Waals surface area contributed by atoms with Gasteiger partial charge in [0.05, 0.1) is 67.2 Å². The maximum atomic E-state index is 7.10. The van der Waals surface area contributed by atoms with Gasteiger partial charge in [-0.05, 0) is 96.6 Å². The van der Waals surface area contributed by atoms with E-state index in [0.717, 1.165) is 156 Å². The molecule has 0 bridgehead atoms. The number of hydrogen-bond acceptors (Lipinski definition) is 4. The van der Waals surface area contributed by atoms with Crippen LogP contribution in [0.5, 0.6) is 0 Å². The molecule has 6 nitrogen and oxygen atoms in total. The number of anilines is 6. The molecule has 14 aromatic carbocycles. The molecule has 6 heterocycles. The Balaban J connectivity index is 0.936. The summed E-state index contributed by atoms with van der Waals surface area (Å²) in [6.07, 6.45) is 5.94. The van der Waals surface area contributed by atoms with Gasteiger partial charge < -0.3 is 27.4 Å². The number of nitrogens with zero attached hydrogens (tertiary/aromatic N) is 4. The summed E-state index contributed by atoms with van der Waals surface area (Å²) in [5.41, 5.74) is 28.0. The van der Waals surface area contributed by atoms with Crippen LogP contribution in [0.4, 0.5) is 34.1 Å². The third-order valence-electron chi connectivity index (χ3n) is 20.9. The van der Waals surface area contributed by atoms with Crippen LogP contribution in [0.2, 0.25) is 0 Å². The summed E-state index contributed by atoms with van der Waals surface area (Å²) in [5.74, 6) is 0.848. The van der Waals surface area contributed by atoms with Gasteiger partial charge >= 0.3 is 0 Å². The Bertz CT molecular complexity index is 6710. The van der Waals surface area contributed by atoms with Gasteiger partial charge in [0, 0.05) is 87.1 Å². The minimum Gasteiger partial charge on any atom is -0.458 e. The van der Waals surface area contributed by atoms with Gasteiger partial charge in [-0.2, -0.15) is 0 Å². The molecule has 0 spiro atoms. The molecule has 0 unspecified atom stereocenters. The van der Waals surface area contributed by atoms with Gasteiger partial charge in [0.25, 0.3) is 0 Å². The first-order valence-electron chi connectivity index (χ1n) is 34.0. The summed E-state index contributed by atoms with van der Waals surface area (Å²) >= 11 is 0. The number of rotatable bonds is 12. The zero-order chi connectivity index (χ0) is 65.7. The lowest BCUT2D eigenvalue weighted by Crippen LogP contribution is -2.13. The lowest BCUT2D eigenvalue weighted by atomic mass is 9.89. The van der Waals surface area contributed by atoms with Crippen LogP contribution in [0.25, 0.3) is 160 Å². The van der Waals surface area contributed by atoms with Gasteiger partial charge in [-0.15, -0.1) is 0 Å². The fourth-order valence-corrected chi connectivity index (χ4v) is 16.9. The minimum atomic E-state index is 0.827. The number of fused-ring (bicyclic) bond motifs is 16. The van der Waals surface area contributed by atoms with E-state index >= 15 is 0 Å². The second kappa shape index (κ2) is 21.8. The molecule has 0 amide bonds. The molecule has 20 rings (SSSR count). The van der Waals surface area contributed by atoms with Gasteiger partial charge in [0.1, 0.15) is 11.3 Å². The Morgan fingerprint density at radius 3 is 1.21 bits per heavy atom. The van der Waals surface area contributed by atoms with E-state index in [4.69, 9.17) is 8.83 Å². The second-order valence-corrected chi connectivity index (χ2v) is 26.3. The Labute approximate surface area is 571 Å². The van der Waals surface area contributed by atoms with Crippen molar-refractivity contribution in [2.75, 3.05) is 9.80 Å². The van der Waals surface area contributed by atoms with Crippen molar-refractivity contribution < 1.29 is 8.83 Å². The monoisotopic (exact) mass is 1270 g/mol. The van der Waals surface area contributed by atoms with Crippen molar-refractivity contribution >= 4 is 149 Å². The van der Waals surface area contributed by atoms with E-state index in [-0.39, 0.29) is 0 Å². The van der Waals surface area contributed by atoms with Crippen molar-refractivity contribution in [3.05, 3.63) is 332 Å². The third kappa shape index (κ3) is 8.06. The number of benzene rings is 14. The average Bonchev–Trinajstić information content (AvgIpc) is 1.50. The normalized spacial score (nSPS) is 12.2. The highest BCUT2D eigenvalue weighted by Crippen LogP contribution is 2.58. The second-order valence-electron chi connectivity index (χ2n) is 26.3. The van der Waals surface area contributed by atoms with E-state index < -0.39 is 0 Å². The fourth-order valence-electron chi connectivity index (χ4n) is 16.9. The van der Waals surface area contributed by atoms with Gasteiger partial charge in [-0.3, -0.25) is 0 Å². The first-order valence-corrected chi connectivity index (χ1v) is 34.0. The van der Waals surface area contributed by atoms with Crippen LogP contribution in [0.1, 0.15) is 22.5 Å². The summed E-state index contributed by atoms with van der Waals surface area (Å²) in [6, 6.07) is 107. The Morgan fingerprint density at radius 2 is 0.717 bits per heavy atom. The van der Waals surface area contributed by atoms with Gasteiger partial charge in [-0.1, -0.05) is 274 Å². The van der Waals surface area contributed by atoms with Crippen LogP contribution < -0.4 is 9.80 Å². The number of para-hydroxylation sites is 5. The maximum absolute atomic E-state index is 7.10. The number of allylic oxidation sites excluding steroid dienone is 2. The molecule has 0 fully saturated rings. The van der Waals surface area contributed by atoms with E-state index in [0.29, 0.717) is 0 Å². The summed E-state index contributed by atoms with van der Waals surface area (Å²) in [5, 5.41) is 12.6. The molecule has 0 aliphatic heterocycles. The Hall–Kier alpha value is -12.9. The third-order valence-corrected chi connectivity index (χ3v) is 20.9. The van der Waals surface area contributed by atoms with E-state index in [9.17, 15) is 0 Å². The van der Waals surface area contributed by atoms with Crippen LogP contribution in [-0.4, -0.2) is 8.80 Å². The van der Waals surface area contributed by atoms with Crippen molar-refractivity contribution in [2.24, 2.45) is 0 Å². The predicted molar refractivity (Wildman–Crippen MR) is 417 cm³/mol. The maximum Gasteiger partial charge on any atom is 0.159 e. The van der Waals surface area contributed by atoms with Crippen molar-refractivity contribution in [1.82, 2.24) is 8.80 Å². The van der Waals surface area contributed by atoms with Crippen LogP contribution in [-0.2, 0) is 0 Å². The smallest absolute Gasteiger partial charge is 0.159 e. The number of aryl methyl sites for hydroxylation is 3. The van der Waals surface area contributed by atoms with Crippen LogP contribution >= 0.6 is 0 Å². The largest absolute Gasteiger partial charge is 0.458 e. The van der Waals surface area contributed by atoms with E-state index in [1.807, 2.05) is 12.2 Å². The zero-order valence-electron chi connectivity index (χ0n) is 54.8. The molecule has 0 aliphatic rings. The standard InChI is InChI=1S/C93H62N4O2/c1-5-6-37-63-58(4)98-92-67(63)54-52-56(2)86(92)94(73-45-22-19-38-64(73)59-29-11-7-12-30-59)75-47-27-49-77-82(75)69-41-25-43-71-84-81(62-35-17-10-18-36-62)91-85(80(61-33-15-9-16-34-61)90(84)96(77)88(69)71)72-44-26-42-70-83-76(48-28-50-78(83)97(91)89(70)72)95(74-46-23-20-39-65(74)60-31-13-8-14-32-60)87-57(3)53-55-68-66-40-21-24-51-79(66)99-93(68)87/h5-55H,1H2,2-4H3/b37-6-. The zero-order valence-corrected chi connectivity index (χ0v) is 54.8. The number of aromatic nitrogens is 2. The first kappa shape index (κ1) is 56.4.